The number of hydrogen-bond acceptors (Lipinski definition) is 3. The minimum atomic E-state index is -0.549. The fourth-order valence-corrected chi connectivity index (χ4v) is 4.36. The Morgan fingerprint density at radius 2 is 1.96 bits per heavy atom. The number of rotatable bonds is 1. The van der Waals surface area contributed by atoms with Gasteiger partial charge in [0.1, 0.15) is 5.60 Å². The highest BCUT2D eigenvalue weighted by molar-refractivity contribution is 5.92. The Labute approximate surface area is 147 Å². The summed E-state index contributed by atoms with van der Waals surface area (Å²) < 4.78 is 7.17. The summed E-state index contributed by atoms with van der Waals surface area (Å²) in [5, 5.41) is 10.7. The maximum absolute atomic E-state index is 12.7. The third-order valence-electron chi connectivity index (χ3n) is 5.30. The molecule has 4 atom stereocenters. The van der Waals surface area contributed by atoms with Crippen LogP contribution < -0.4 is 0 Å². The van der Waals surface area contributed by atoms with Crippen molar-refractivity contribution in [3.63, 3.8) is 0 Å². The maximum Gasteiger partial charge on any atom is 0.419 e. The van der Waals surface area contributed by atoms with E-state index in [1.54, 1.807) is 4.57 Å². The molecule has 2 aromatic rings. The SMILES string of the molecule is CC(C)(C)OC(=O)n1cc([C@H]2[C@@H](C#N)[C@@H]3C=C[C@H]2C3)c2ccccc21. The molecule has 2 aliphatic rings. The van der Waals surface area contributed by atoms with Gasteiger partial charge in [-0.25, -0.2) is 4.79 Å². The van der Waals surface area contributed by atoms with Crippen molar-refractivity contribution < 1.29 is 9.53 Å². The van der Waals surface area contributed by atoms with Crippen molar-refractivity contribution in [2.45, 2.75) is 38.7 Å². The van der Waals surface area contributed by atoms with Crippen LogP contribution in [0.1, 0.15) is 38.7 Å². The Bertz CT molecular complexity index is 910. The van der Waals surface area contributed by atoms with Crippen LogP contribution in [-0.2, 0) is 4.74 Å². The van der Waals surface area contributed by atoms with Crippen molar-refractivity contribution in [1.29, 1.82) is 5.26 Å². The summed E-state index contributed by atoms with van der Waals surface area (Å²) in [5.41, 5.74) is 1.38. The van der Waals surface area contributed by atoms with Crippen LogP contribution in [0.25, 0.3) is 10.9 Å². The van der Waals surface area contributed by atoms with Crippen LogP contribution in [0.3, 0.4) is 0 Å². The normalized spacial score (nSPS) is 27.6. The number of allylic oxidation sites excluding steroid dienone is 2. The molecular weight excluding hydrogens is 312 g/mol. The zero-order valence-electron chi connectivity index (χ0n) is 14.8. The zero-order valence-corrected chi connectivity index (χ0v) is 14.8. The molecule has 0 amide bonds. The lowest BCUT2D eigenvalue weighted by Crippen LogP contribution is -2.26. The van der Waals surface area contributed by atoms with Crippen molar-refractivity contribution in [2.24, 2.45) is 17.8 Å². The van der Waals surface area contributed by atoms with Gasteiger partial charge in [-0.05, 0) is 50.7 Å². The molecule has 0 aliphatic heterocycles. The second kappa shape index (κ2) is 5.49. The number of carbonyl (C=O) groups is 1. The first kappa shape index (κ1) is 16.0. The zero-order chi connectivity index (χ0) is 17.8. The molecule has 2 aliphatic carbocycles. The molecule has 4 rings (SSSR count). The molecule has 1 heterocycles. The fraction of sp³-hybridized carbons (Fsp3) is 0.429. The lowest BCUT2D eigenvalue weighted by atomic mass is 9.79. The molecule has 1 saturated carbocycles. The first-order chi connectivity index (χ1) is 11.9. The monoisotopic (exact) mass is 334 g/mol. The number of aromatic nitrogens is 1. The molecule has 25 heavy (non-hydrogen) atoms. The average molecular weight is 334 g/mol. The summed E-state index contributed by atoms with van der Waals surface area (Å²) in [6, 6.07) is 10.4. The van der Waals surface area contributed by atoms with Gasteiger partial charge < -0.3 is 4.74 Å². The van der Waals surface area contributed by atoms with E-state index >= 15 is 0 Å². The Morgan fingerprint density at radius 3 is 2.68 bits per heavy atom. The molecule has 0 spiro atoms. The predicted octanol–water partition coefficient (Wildman–Crippen LogP) is 4.85. The van der Waals surface area contributed by atoms with Gasteiger partial charge in [-0.3, -0.25) is 4.57 Å². The summed E-state index contributed by atoms with van der Waals surface area (Å²) in [6.07, 6.45) is 6.98. The number of benzene rings is 1. The van der Waals surface area contributed by atoms with Crippen molar-refractivity contribution >= 4 is 17.0 Å². The third-order valence-corrected chi connectivity index (χ3v) is 5.30. The van der Waals surface area contributed by atoms with E-state index in [1.165, 1.54) is 0 Å². The van der Waals surface area contributed by atoms with Crippen LogP contribution in [0.5, 0.6) is 0 Å². The van der Waals surface area contributed by atoms with Crippen LogP contribution in [-0.4, -0.2) is 16.3 Å². The minimum Gasteiger partial charge on any atom is -0.443 e. The number of nitrogens with zero attached hydrogens (tertiary/aromatic N) is 2. The van der Waals surface area contributed by atoms with Gasteiger partial charge >= 0.3 is 6.09 Å². The lowest BCUT2D eigenvalue weighted by molar-refractivity contribution is 0.0544. The number of ether oxygens (including phenoxy) is 1. The van der Waals surface area contributed by atoms with Crippen LogP contribution in [0.2, 0.25) is 0 Å². The summed E-state index contributed by atoms with van der Waals surface area (Å²) in [4.78, 5) is 12.7. The summed E-state index contributed by atoms with van der Waals surface area (Å²) in [7, 11) is 0. The summed E-state index contributed by atoms with van der Waals surface area (Å²) in [5.74, 6) is 0.845. The third kappa shape index (κ3) is 2.55. The molecule has 128 valence electrons. The Balaban J connectivity index is 1.82. The van der Waals surface area contributed by atoms with Gasteiger partial charge in [0.05, 0.1) is 17.5 Å². The van der Waals surface area contributed by atoms with E-state index in [-0.39, 0.29) is 17.9 Å². The summed E-state index contributed by atoms with van der Waals surface area (Å²) in [6.45, 7) is 5.60. The molecule has 4 heteroatoms. The molecule has 4 nitrogen and oxygen atoms in total. The van der Waals surface area contributed by atoms with Crippen LogP contribution >= 0.6 is 0 Å². The highest BCUT2D eigenvalue weighted by atomic mass is 16.6. The number of nitriles is 1. The van der Waals surface area contributed by atoms with E-state index in [0.717, 1.165) is 22.9 Å². The molecule has 1 fully saturated rings. The van der Waals surface area contributed by atoms with Gasteiger partial charge in [0.2, 0.25) is 0 Å². The molecule has 0 N–H and O–H groups in total. The second-order valence-electron chi connectivity index (χ2n) is 8.08. The van der Waals surface area contributed by atoms with Gasteiger partial charge in [-0.1, -0.05) is 30.4 Å². The first-order valence-electron chi connectivity index (χ1n) is 8.80. The smallest absolute Gasteiger partial charge is 0.419 e. The number of carbonyl (C=O) groups excluding carboxylic acids is 1. The Morgan fingerprint density at radius 1 is 1.24 bits per heavy atom. The van der Waals surface area contributed by atoms with Gasteiger partial charge in [0.25, 0.3) is 0 Å². The topological polar surface area (TPSA) is 55.0 Å². The standard InChI is InChI=1S/C21H22N2O2/c1-21(2,3)25-20(24)23-12-17(15-6-4-5-7-18(15)23)19-14-9-8-13(10-14)16(19)11-22/h4-9,12-14,16,19H,10H2,1-3H3/t13-,14+,16+,19-/m1/s1. The van der Waals surface area contributed by atoms with Crippen LogP contribution in [0.15, 0.2) is 42.6 Å². The van der Waals surface area contributed by atoms with E-state index in [2.05, 4.69) is 18.2 Å². The molecule has 0 radical (unpaired) electrons. The Hall–Kier alpha value is -2.54. The van der Waals surface area contributed by atoms with E-state index in [1.807, 2.05) is 51.2 Å². The first-order valence-corrected chi connectivity index (χ1v) is 8.80. The lowest BCUT2D eigenvalue weighted by Gasteiger charge is -2.22. The predicted molar refractivity (Wildman–Crippen MR) is 96.2 cm³/mol. The second-order valence-corrected chi connectivity index (χ2v) is 8.08. The summed E-state index contributed by atoms with van der Waals surface area (Å²) >= 11 is 0. The van der Waals surface area contributed by atoms with E-state index in [0.29, 0.717) is 11.8 Å². The van der Waals surface area contributed by atoms with Gasteiger partial charge in [-0.15, -0.1) is 0 Å². The minimum absolute atomic E-state index is 0.0205. The van der Waals surface area contributed by atoms with Crippen molar-refractivity contribution in [3.8, 4) is 6.07 Å². The average Bonchev–Trinajstić information content (AvgIpc) is 3.24. The molecule has 1 aromatic heterocycles. The van der Waals surface area contributed by atoms with Crippen LogP contribution in [0.4, 0.5) is 4.79 Å². The van der Waals surface area contributed by atoms with Crippen molar-refractivity contribution in [1.82, 2.24) is 4.57 Å². The van der Waals surface area contributed by atoms with Crippen LogP contribution in [0, 0.1) is 29.1 Å². The quantitative estimate of drug-likeness (QED) is 0.700. The largest absolute Gasteiger partial charge is 0.443 e. The number of hydrogen-bond donors (Lipinski definition) is 0. The van der Waals surface area contributed by atoms with E-state index in [9.17, 15) is 10.1 Å². The maximum atomic E-state index is 12.7. The number of para-hydroxylation sites is 1. The Kier molecular flexibility index (Phi) is 3.50. The number of fused-ring (bicyclic) bond motifs is 3. The molecule has 0 unspecified atom stereocenters. The fourth-order valence-electron chi connectivity index (χ4n) is 4.36. The van der Waals surface area contributed by atoms with Gasteiger partial charge in [-0.2, -0.15) is 5.26 Å². The van der Waals surface area contributed by atoms with Crippen molar-refractivity contribution in [2.75, 3.05) is 0 Å². The van der Waals surface area contributed by atoms with E-state index < -0.39 is 5.60 Å². The molecular formula is C21H22N2O2. The molecule has 1 aromatic carbocycles. The van der Waals surface area contributed by atoms with Gasteiger partial charge in [0.15, 0.2) is 0 Å². The van der Waals surface area contributed by atoms with E-state index in [4.69, 9.17) is 4.74 Å². The molecule has 2 bridgehead atoms. The van der Waals surface area contributed by atoms with Gasteiger partial charge in [0, 0.05) is 17.5 Å². The molecule has 0 saturated heterocycles. The van der Waals surface area contributed by atoms with Crippen molar-refractivity contribution in [3.05, 3.63) is 48.2 Å². The highest BCUT2D eigenvalue weighted by Crippen LogP contribution is 2.54. The highest BCUT2D eigenvalue weighted by Gasteiger charge is 2.46.